The molecule has 1 fully saturated rings. The standard InChI is InChI=1S/C20H25FN4O2S/c1-14-9-19(14)25-20(22-2)23-12-16-6-4-8-18(11-16)28(26,27)24-13-15-5-3-7-17(21)10-15/h3-8,10-11,14,19,24H,9,12-13H2,1-2H3,(H2,22,23,25). The maximum atomic E-state index is 13.2. The summed E-state index contributed by atoms with van der Waals surface area (Å²) in [5, 5.41) is 6.53. The Morgan fingerprint density at radius 2 is 1.82 bits per heavy atom. The Labute approximate surface area is 165 Å². The van der Waals surface area contributed by atoms with Crippen molar-refractivity contribution in [2.24, 2.45) is 10.9 Å². The van der Waals surface area contributed by atoms with Gasteiger partial charge in [0.1, 0.15) is 5.82 Å². The molecule has 0 heterocycles. The highest BCUT2D eigenvalue weighted by Gasteiger charge is 2.33. The number of nitrogens with one attached hydrogen (secondary N) is 3. The summed E-state index contributed by atoms with van der Waals surface area (Å²) in [6.07, 6.45) is 1.13. The van der Waals surface area contributed by atoms with E-state index in [1.54, 1.807) is 31.3 Å². The van der Waals surface area contributed by atoms with Gasteiger partial charge in [0.15, 0.2) is 5.96 Å². The zero-order valence-electron chi connectivity index (χ0n) is 15.9. The van der Waals surface area contributed by atoms with E-state index >= 15 is 0 Å². The lowest BCUT2D eigenvalue weighted by atomic mass is 10.2. The Morgan fingerprint density at radius 1 is 1.14 bits per heavy atom. The minimum absolute atomic E-state index is 0.0265. The van der Waals surface area contributed by atoms with Crippen molar-refractivity contribution in [3.8, 4) is 0 Å². The fourth-order valence-corrected chi connectivity index (χ4v) is 3.90. The molecule has 0 spiro atoms. The summed E-state index contributed by atoms with van der Waals surface area (Å²) >= 11 is 0. The zero-order chi connectivity index (χ0) is 20.1. The van der Waals surface area contributed by atoms with Crippen molar-refractivity contribution in [2.45, 2.75) is 37.4 Å². The van der Waals surface area contributed by atoms with Crippen LogP contribution in [0.4, 0.5) is 4.39 Å². The number of aliphatic imine (C=N–C) groups is 1. The molecule has 0 aliphatic heterocycles. The number of hydrogen-bond acceptors (Lipinski definition) is 3. The van der Waals surface area contributed by atoms with Crippen LogP contribution in [0.5, 0.6) is 0 Å². The van der Waals surface area contributed by atoms with Crippen LogP contribution in [0.15, 0.2) is 58.4 Å². The maximum Gasteiger partial charge on any atom is 0.240 e. The Morgan fingerprint density at radius 3 is 2.46 bits per heavy atom. The third kappa shape index (κ3) is 5.53. The van der Waals surface area contributed by atoms with Crippen LogP contribution in [0, 0.1) is 11.7 Å². The highest BCUT2D eigenvalue weighted by atomic mass is 32.2. The predicted molar refractivity (Wildman–Crippen MR) is 108 cm³/mol. The summed E-state index contributed by atoms with van der Waals surface area (Å²) in [5.74, 6) is 0.954. The normalized spacial score (nSPS) is 19.3. The molecule has 0 aromatic heterocycles. The van der Waals surface area contributed by atoms with Gasteiger partial charge in [-0.3, -0.25) is 4.99 Å². The molecule has 2 aromatic rings. The highest BCUT2D eigenvalue weighted by molar-refractivity contribution is 7.89. The number of hydrogen-bond donors (Lipinski definition) is 3. The number of sulfonamides is 1. The van der Waals surface area contributed by atoms with Crippen molar-refractivity contribution < 1.29 is 12.8 Å². The molecule has 1 saturated carbocycles. The minimum Gasteiger partial charge on any atom is -0.353 e. The zero-order valence-corrected chi connectivity index (χ0v) is 16.8. The number of nitrogens with zero attached hydrogens (tertiary/aromatic N) is 1. The van der Waals surface area contributed by atoms with E-state index in [4.69, 9.17) is 0 Å². The summed E-state index contributed by atoms with van der Waals surface area (Å²) in [7, 11) is -1.99. The molecule has 0 saturated heterocycles. The SMILES string of the molecule is CN=C(NCc1cccc(S(=O)(=O)NCc2cccc(F)c2)c1)NC1CC1C. The van der Waals surface area contributed by atoms with Gasteiger partial charge in [-0.2, -0.15) is 0 Å². The third-order valence-electron chi connectivity index (χ3n) is 4.68. The van der Waals surface area contributed by atoms with Crippen molar-refractivity contribution in [3.05, 3.63) is 65.5 Å². The fraction of sp³-hybridized carbons (Fsp3) is 0.350. The first kappa shape index (κ1) is 20.3. The van der Waals surface area contributed by atoms with Crippen LogP contribution in [0.25, 0.3) is 0 Å². The predicted octanol–water partition coefficient (Wildman–Crippen LogP) is 2.38. The topological polar surface area (TPSA) is 82.6 Å². The van der Waals surface area contributed by atoms with E-state index in [1.807, 2.05) is 6.07 Å². The molecule has 0 radical (unpaired) electrons. The Bertz CT molecular complexity index is 962. The Balaban J connectivity index is 1.61. The number of halogens is 1. The van der Waals surface area contributed by atoms with Crippen LogP contribution in [0.3, 0.4) is 0 Å². The largest absolute Gasteiger partial charge is 0.353 e. The van der Waals surface area contributed by atoms with Gasteiger partial charge in [-0.15, -0.1) is 0 Å². The van der Waals surface area contributed by atoms with Gasteiger partial charge in [0.25, 0.3) is 0 Å². The molecule has 0 bridgehead atoms. The van der Waals surface area contributed by atoms with E-state index in [9.17, 15) is 12.8 Å². The molecular weight excluding hydrogens is 379 g/mol. The van der Waals surface area contributed by atoms with Gasteiger partial charge in [0, 0.05) is 26.2 Å². The van der Waals surface area contributed by atoms with Crippen molar-refractivity contribution in [1.82, 2.24) is 15.4 Å². The lowest BCUT2D eigenvalue weighted by Crippen LogP contribution is -2.38. The summed E-state index contributed by atoms with van der Waals surface area (Å²) < 4.78 is 40.9. The first-order chi connectivity index (χ1) is 13.4. The molecule has 3 rings (SSSR count). The first-order valence-corrected chi connectivity index (χ1v) is 10.7. The second-order valence-electron chi connectivity index (χ2n) is 6.99. The summed E-state index contributed by atoms with van der Waals surface area (Å²) in [4.78, 5) is 4.36. The van der Waals surface area contributed by atoms with Crippen molar-refractivity contribution >= 4 is 16.0 Å². The molecule has 2 atom stereocenters. The van der Waals surface area contributed by atoms with E-state index in [1.165, 1.54) is 18.2 Å². The van der Waals surface area contributed by atoms with Gasteiger partial charge in [-0.1, -0.05) is 31.2 Å². The number of rotatable bonds is 7. The molecule has 2 unspecified atom stereocenters. The van der Waals surface area contributed by atoms with Crippen LogP contribution in [0.1, 0.15) is 24.5 Å². The van der Waals surface area contributed by atoms with E-state index < -0.39 is 15.8 Å². The summed E-state index contributed by atoms with van der Waals surface area (Å²) in [6.45, 7) is 2.66. The molecule has 8 heteroatoms. The van der Waals surface area contributed by atoms with Gasteiger partial charge < -0.3 is 10.6 Å². The lowest BCUT2D eigenvalue weighted by Gasteiger charge is -2.12. The molecule has 150 valence electrons. The molecule has 6 nitrogen and oxygen atoms in total. The van der Waals surface area contributed by atoms with Gasteiger partial charge >= 0.3 is 0 Å². The van der Waals surface area contributed by atoms with Gasteiger partial charge in [0.05, 0.1) is 4.90 Å². The average Bonchev–Trinajstić information content (AvgIpc) is 3.38. The molecule has 0 amide bonds. The summed E-state index contributed by atoms with van der Waals surface area (Å²) in [5.41, 5.74) is 1.38. The van der Waals surface area contributed by atoms with Gasteiger partial charge in [0.2, 0.25) is 10.0 Å². The van der Waals surface area contributed by atoms with Crippen LogP contribution in [-0.2, 0) is 23.1 Å². The molecule has 2 aromatic carbocycles. The summed E-state index contributed by atoms with van der Waals surface area (Å²) in [6, 6.07) is 13.0. The van der Waals surface area contributed by atoms with Gasteiger partial charge in [-0.25, -0.2) is 17.5 Å². The Kier molecular flexibility index (Phi) is 6.31. The van der Waals surface area contributed by atoms with Crippen LogP contribution in [0.2, 0.25) is 0 Å². The minimum atomic E-state index is -3.70. The second kappa shape index (κ2) is 8.70. The molecular formula is C20H25FN4O2S. The molecule has 1 aliphatic rings. The Hall–Kier alpha value is -2.45. The molecule has 28 heavy (non-hydrogen) atoms. The van der Waals surface area contributed by atoms with E-state index in [2.05, 4.69) is 27.3 Å². The second-order valence-corrected chi connectivity index (χ2v) is 8.76. The van der Waals surface area contributed by atoms with Crippen molar-refractivity contribution in [2.75, 3.05) is 7.05 Å². The number of benzene rings is 2. The third-order valence-corrected chi connectivity index (χ3v) is 6.08. The monoisotopic (exact) mass is 404 g/mol. The maximum absolute atomic E-state index is 13.2. The van der Waals surface area contributed by atoms with Gasteiger partial charge in [-0.05, 0) is 47.7 Å². The van der Waals surface area contributed by atoms with Crippen LogP contribution >= 0.6 is 0 Å². The number of guanidine groups is 1. The van der Waals surface area contributed by atoms with E-state index in [0.29, 0.717) is 30.0 Å². The van der Waals surface area contributed by atoms with E-state index in [0.717, 1.165) is 12.0 Å². The van der Waals surface area contributed by atoms with Crippen LogP contribution in [-0.4, -0.2) is 27.5 Å². The fourth-order valence-electron chi connectivity index (χ4n) is 2.81. The quantitative estimate of drug-likeness (QED) is 0.489. The first-order valence-electron chi connectivity index (χ1n) is 9.17. The van der Waals surface area contributed by atoms with Crippen molar-refractivity contribution in [1.29, 1.82) is 0 Å². The lowest BCUT2D eigenvalue weighted by molar-refractivity contribution is 0.580. The molecule has 3 N–H and O–H groups in total. The van der Waals surface area contributed by atoms with Crippen LogP contribution < -0.4 is 15.4 Å². The van der Waals surface area contributed by atoms with E-state index in [-0.39, 0.29) is 11.4 Å². The smallest absolute Gasteiger partial charge is 0.240 e. The highest BCUT2D eigenvalue weighted by Crippen LogP contribution is 2.28. The molecule has 1 aliphatic carbocycles. The average molecular weight is 405 g/mol. The van der Waals surface area contributed by atoms with Crippen molar-refractivity contribution in [3.63, 3.8) is 0 Å².